The molecule has 0 unspecified atom stereocenters. The van der Waals surface area contributed by atoms with Crippen molar-refractivity contribution in [2.24, 2.45) is 0 Å². The molecule has 0 fully saturated rings. The number of carbonyl (C=O) groups excluding carboxylic acids is 1. The molecular formula is C18H14N4O2S. The summed E-state index contributed by atoms with van der Waals surface area (Å²) in [5.41, 5.74) is 1.78. The van der Waals surface area contributed by atoms with E-state index < -0.39 is 0 Å². The number of carbonyl (C=O) groups is 1. The van der Waals surface area contributed by atoms with Crippen LogP contribution in [0.4, 0.5) is 5.13 Å². The Balaban J connectivity index is 1.78. The molecule has 0 aliphatic carbocycles. The van der Waals surface area contributed by atoms with Crippen LogP contribution in [-0.4, -0.2) is 20.7 Å². The van der Waals surface area contributed by atoms with Crippen LogP contribution in [0.15, 0.2) is 64.7 Å². The maximum atomic E-state index is 12.7. The quantitative estimate of drug-likeness (QED) is 0.600. The minimum Gasteiger partial charge on any atom is -0.460 e. The molecule has 0 saturated heterocycles. The van der Waals surface area contributed by atoms with E-state index in [1.54, 1.807) is 22.5 Å². The number of rotatable bonds is 4. The summed E-state index contributed by atoms with van der Waals surface area (Å²) >= 11 is 1.36. The molecule has 0 atom stereocenters. The molecule has 3 aromatic heterocycles. The molecule has 0 aliphatic rings. The van der Waals surface area contributed by atoms with E-state index in [9.17, 15) is 4.79 Å². The normalized spacial score (nSPS) is 10.8. The average Bonchev–Trinajstić information content (AvgIpc) is 3.35. The maximum absolute atomic E-state index is 12.7. The molecule has 1 amide bonds. The van der Waals surface area contributed by atoms with Crippen LogP contribution in [0.2, 0.25) is 0 Å². The molecule has 0 spiro atoms. The first kappa shape index (κ1) is 15.3. The van der Waals surface area contributed by atoms with Crippen molar-refractivity contribution in [1.82, 2.24) is 14.8 Å². The molecule has 7 heteroatoms. The van der Waals surface area contributed by atoms with Gasteiger partial charge in [0.05, 0.1) is 11.3 Å². The van der Waals surface area contributed by atoms with Gasteiger partial charge in [0.25, 0.3) is 5.91 Å². The predicted molar refractivity (Wildman–Crippen MR) is 96.1 cm³/mol. The Kier molecular flexibility index (Phi) is 3.91. The van der Waals surface area contributed by atoms with Crippen molar-refractivity contribution in [3.8, 4) is 17.1 Å². The number of nitrogens with one attached hydrogen (secondary N) is 1. The first-order valence-electron chi connectivity index (χ1n) is 7.63. The van der Waals surface area contributed by atoms with Crippen LogP contribution in [-0.2, 0) is 0 Å². The van der Waals surface area contributed by atoms with Gasteiger partial charge >= 0.3 is 0 Å². The molecule has 1 aromatic carbocycles. The fraction of sp³-hybridized carbons (Fsp3) is 0.0556. The van der Waals surface area contributed by atoms with E-state index in [1.165, 1.54) is 11.3 Å². The van der Waals surface area contributed by atoms with Gasteiger partial charge in [-0.25, -0.2) is 9.67 Å². The number of benzene rings is 1. The Labute approximate surface area is 147 Å². The smallest absolute Gasteiger partial charge is 0.261 e. The fourth-order valence-corrected chi connectivity index (χ4v) is 2.97. The highest BCUT2D eigenvalue weighted by Gasteiger charge is 2.21. The zero-order chi connectivity index (χ0) is 17.2. The van der Waals surface area contributed by atoms with Gasteiger partial charge in [-0.05, 0) is 31.2 Å². The van der Waals surface area contributed by atoms with Crippen LogP contribution in [0.25, 0.3) is 17.1 Å². The van der Waals surface area contributed by atoms with Crippen LogP contribution in [0.5, 0.6) is 0 Å². The number of hydrogen-bond acceptors (Lipinski definition) is 5. The second-order valence-electron chi connectivity index (χ2n) is 5.37. The molecule has 4 aromatic rings. The Hall–Kier alpha value is -3.19. The van der Waals surface area contributed by atoms with E-state index in [0.29, 0.717) is 22.1 Å². The van der Waals surface area contributed by atoms with Gasteiger partial charge in [-0.1, -0.05) is 18.2 Å². The fourth-order valence-electron chi connectivity index (χ4n) is 2.45. The first-order valence-corrected chi connectivity index (χ1v) is 8.51. The van der Waals surface area contributed by atoms with Gasteiger partial charge in [0, 0.05) is 17.8 Å². The van der Waals surface area contributed by atoms with Crippen LogP contribution in [0, 0.1) is 6.92 Å². The Bertz CT molecular complexity index is 1000. The zero-order valence-electron chi connectivity index (χ0n) is 13.3. The number of amides is 1. The molecule has 6 nitrogen and oxygen atoms in total. The van der Waals surface area contributed by atoms with E-state index >= 15 is 0 Å². The van der Waals surface area contributed by atoms with Crippen LogP contribution >= 0.6 is 11.3 Å². The zero-order valence-corrected chi connectivity index (χ0v) is 14.2. The molecule has 0 aliphatic heterocycles. The number of aromatic nitrogens is 3. The minimum atomic E-state index is -0.277. The minimum absolute atomic E-state index is 0.277. The molecule has 4 rings (SSSR count). The van der Waals surface area contributed by atoms with E-state index in [0.717, 1.165) is 11.4 Å². The van der Waals surface area contributed by atoms with Crippen molar-refractivity contribution < 1.29 is 9.21 Å². The highest BCUT2D eigenvalue weighted by Crippen LogP contribution is 2.26. The first-order chi connectivity index (χ1) is 12.2. The molecule has 1 N–H and O–H groups in total. The highest BCUT2D eigenvalue weighted by molar-refractivity contribution is 7.13. The summed E-state index contributed by atoms with van der Waals surface area (Å²) in [5, 5.41) is 9.70. The molecule has 3 heterocycles. The number of anilines is 1. The number of furan rings is 1. The third-order valence-electron chi connectivity index (χ3n) is 3.61. The Morgan fingerprint density at radius 2 is 2.04 bits per heavy atom. The van der Waals surface area contributed by atoms with Gasteiger partial charge in [-0.3, -0.25) is 10.1 Å². The van der Waals surface area contributed by atoms with Crippen molar-refractivity contribution in [1.29, 1.82) is 0 Å². The summed E-state index contributed by atoms with van der Waals surface area (Å²) < 4.78 is 7.35. The number of nitrogens with zero attached hydrogens (tertiary/aromatic N) is 3. The lowest BCUT2D eigenvalue weighted by Gasteiger charge is -2.00. The Morgan fingerprint density at radius 3 is 2.72 bits per heavy atom. The molecule has 0 bridgehead atoms. The topological polar surface area (TPSA) is 73.0 Å². The Morgan fingerprint density at radius 1 is 1.20 bits per heavy atom. The van der Waals surface area contributed by atoms with Gasteiger partial charge in [0.1, 0.15) is 11.5 Å². The van der Waals surface area contributed by atoms with Crippen molar-refractivity contribution in [3.05, 3.63) is 71.6 Å². The summed E-state index contributed by atoms with van der Waals surface area (Å²) in [5.74, 6) is 1.04. The standard InChI is InChI=1S/C18H14N4O2S/c1-12-7-8-15(24-12)16-14(17(23)20-18-19-9-10-25-18)11-22(21-16)13-5-3-2-4-6-13/h2-11H,1H3,(H,19,20,23). The molecule has 124 valence electrons. The van der Waals surface area contributed by atoms with E-state index in [1.807, 2.05) is 49.4 Å². The summed E-state index contributed by atoms with van der Waals surface area (Å²) in [6.45, 7) is 1.85. The van der Waals surface area contributed by atoms with Crippen molar-refractivity contribution in [3.63, 3.8) is 0 Å². The van der Waals surface area contributed by atoms with Crippen LogP contribution in [0.1, 0.15) is 16.1 Å². The SMILES string of the molecule is Cc1ccc(-c2nn(-c3ccccc3)cc2C(=O)Nc2nccs2)o1. The average molecular weight is 350 g/mol. The van der Waals surface area contributed by atoms with Crippen molar-refractivity contribution >= 4 is 22.4 Å². The summed E-state index contributed by atoms with van der Waals surface area (Å²) in [6.07, 6.45) is 3.34. The van der Waals surface area contributed by atoms with Gasteiger partial charge < -0.3 is 4.42 Å². The van der Waals surface area contributed by atoms with E-state index in [2.05, 4.69) is 15.4 Å². The highest BCUT2D eigenvalue weighted by atomic mass is 32.1. The molecular weight excluding hydrogens is 336 g/mol. The number of para-hydroxylation sites is 1. The van der Waals surface area contributed by atoms with Crippen molar-refractivity contribution in [2.45, 2.75) is 6.92 Å². The van der Waals surface area contributed by atoms with Crippen LogP contribution < -0.4 is 5.32 Å². The lowest BCUT2D eigenvalue weighted by molar-refractivity contribution is 0.102. The lowest BCUT2D eigenvalue weighted by Crippen LogP contribution is -2.11. The van der Waals surface area contributed by atoms with E-state index in [-0.39, 0.29) is 5.91 Å². The molecule has 0 radical (unpaired) electrons. The summed E-state index contributed by atoms with van der Waals surface area (Å²) in [6, 6.07) is 13.3. The third kappa shape index (κ3) is 3.09. The largest absolute Gasteiger partial charge is 0.460 e. The number of aryl methyl sites for hydroxylation is 1. The van der Waals surface area contributed by atoms with Crippen LogP contribution in [0.3, 0.4) is 0 Å². The maximum Gasteiger partial charge on any atom is 0.261 e. The second kappa shape index (κ2) is 6.37. The summed E-state index contributed by atoms with van der Waals surface area (Å²) in [7, 11) is 0. The summed E-state index contributed by atoms with van der Waals surface area (Å²) in [4.78, 5) is 16.8. The molecule has 0 saturated carbocycles. The number of thiazole rings is 1. The van der Waals surface area contributed by atoms with Gasteiger partial charge in [-0.2, -0.15) is 5.10 Å². The number of hydrogen-bond donors (Lipinski definition) is 1. The lowest BCUT2D eigenvalue weighted by atomic mass is 10.2. The van der Waals surface area contributed by atoms with Gasteiger partial charge in [0.15, 0.2) is 10.9 Å². The third-order valence-corrected chi connectivity index (χ3v) is 4.29. The second-order valence-corrected chi connectivity index (χ2v) is 6.27. The monoisotopic (exact) mass is 350 g/mol. The predicted octanol–water partition coefficient (Wildman–Crippen LogP) is 4.15. The van der Waals surface area contributed by atoms with Gasteiger partial charge in [-0.15, -0.1) is 11.3 Å². The van der Waals surface area contributed by atoms with Gasteiger partial charge in [0.2, 0.25) is 0 Å². The van der Waals surface area contributed by atoms with E-state index in [4.69, 9.17) is 4.42 Å². The van der Waals surface area contributed by atoms with Crippen molar-refractivity contribution in [2.75, 3.05) is 5.32 Å². The molecule has 25 heavy (non-hydrogen) atoms.